The highest BCUT2D eigenvalue weighted by atomic mass is 16.3. The van der Waals surface area contributed by atoms with Crippen molar-refractivity contribution in [2.75, 3.05) is 59.5 Å². The molecule has 2 bridgehead atoms. The van der Waals surface area contributed by atoms with Crippen LogP contribution in [-0.2, 0) is 0 Å². The summed E-state index contributed by atoms with van der Waals surface area (Å²) in [6.45, 7) is 13.2. The van der Waals surface area contributed by atoms with E-state index in [9.17, 15) is 0 Å². The molecule has 0 radical (unpaired) electrons. The van der Waals surface area contributed by atoms with Crippen LogP contribution in [0.1, 0.15) is 13.8 Å². The Labute approximate surface area is 88.1 Å². The van der Waals surface area contributed by atoms with Gasteiger partial charge in [0.2, 0.25) is 0 Å². The lowest BCUT2D eigenvalue weighted by molar-refractivity contribution is -1.07. The van der Waals surface area contributed by atoms with Crippen molar-refractivity contribution >= 4 is 0 Å². The van der Waals surface area contributed by atoms with Crippen molar-refractivity contribution in [2.24, 2.45) is 0 Å². The minimum Gasteiger partial charge on any atom is -0.391 e. The number of aliphatic hydroxyl groups is 1. The lowest BCUT2D eigenvalue weighted by Crippen LogP contribution is -2.74. The van der Waals surface area contributed by atoms with E-state index in [-0.39, 0.29) is 0 Å². The topological polar surface area (TPSA) is 20.2 Å². The fourth-order valence-corrected chi connectivity index (χ4v) is 2.58. The summed E-state index contributed by atoms with van der Waals surface area (Å²) < 4.78 is 2.48. The molecule has 3 aliphatic rings. The largest absolute Gasteiger partial charge is 0.391 e. The molecule has 84 valence electrons. The van der Waals surface area contributed by atoms with Crippen LogP contribution >= 0.6 is 0 Å². The maximum Gasteiger partial charge on any atom is 0.129 e. The lowest BCUT2D eigenvalue weighted by atomic mass is 10.1. The van der Waals surface area contributed by atoms with Gasteiger partial charge in [0.25, 0.3) is 0 Å². The van der Waals surface area contributed by atoms with Gasteiger partial charge in [-0.05, 0) is 0 Å². The second-order valence-corrected chi connectivity index (χ2v) is 4.75. The Morgan fingerprint density at radius 1 is 0.929 bits per heavy atom. The molecular formula is C11H26N2O+2. The van der Waals surface area contributed by atoms with Crippen LogP contribution in [0.4, 0.5) is 0 Å². The molecule has 3 fully saturated rings. The molecule has 3 nitrogen and oxygen atoms in total. The van der Waals surface area contributed by atoms with Gasteiger partial charge in [-0.1, -0.05) is 13.8 Å². The molecule has 0 aromatic carbocycles. The van der Waals surface area contributed by atoms with Crippen LogP contribution in [0, 0.1) is 0 Å². The van der Waals surface area contributed by atoms with Crippen molar-refractivity contribution in [1.29, 1.82) is 0 Å². The lowest BCUT2D eigenvalue weighted by Gasteiger charge is -2.53. The van der Waals surface area contributed by atoms with Crippen molar-refractivity contribution in [1.82, 2.24) is 0 Å². The Kier molecular flexibility index (Phi) is 3.93. The zero-order chi connectivity index (χ0) is 10.7. The molecule has 0 saturated carbocycles. The van der Waals surface area contributed by atoms with Crippen molar-refractivity contribution in [2.45, 2.75) is 13.8 Å². The number of aliphatic hydroxyl groups excluding tert-OH is 1. The van der Waals surface area contributed by atoms with Crippen LogP contribution < -0.4 is 0 Å². The van der Waals surface area contributed by atoms with Gasteiger partial charge in [-0.25, -0.2) is 0 Å². The average molecular weight is 202 g/mol. The van der Waals surface area contributed by atoms with Gasteiger partial charge in [0.15, 0.2) is 0 Å². The highest BCUT2D eigenvalue weighted by Crippen LogP contribution is 2.23. The fourth-order valence-electron chi connectivity index (χ4n) is 2.58. The van der Waals surface area contributed by atoms with Crippen molar-refractivity contribution < 1.29 is 14.1 Å². The molecule has 0 atom stereocenters. The summed E-state index contributed by atoms with van der Waals surface area (Å²) >= 11 is 0. The van der Waals surface area contributed by atoms with E-state index in [2.05, 4.69) is 7.05 Å². The highest BCUT2D eigenvalue weighted by molar-refractivity contribution is 4.59. The molecule has 3 heterocycles. The first-order valence-corrected chi connectivity index (χ1v) is 5.98. The van der Waals surface area contributed by atoms with Gasteiger partial charge >= 0.3 is 0 Å². The molecule has 1 N–H and O–H groups in total. The molecule has 3 aliphatic heterocycles. The van der Waals surface area contributed by atoms with Gasteiger partial charge in [0.1, 0.15) is 45.8 Å². The summed E-state index contributed by atoms with van der Waals surface area (Å²) in [5.41, 5.74) is 0. The molecule has 0 aliphatic carbocycles. The Morgan fingerprint density at radius 3 is 1.71 bits per heavy atom. The van der Waals surface area contributed by atoms with Gasteiger partial charge in [0.05, 0.1) is 13.7 Å². The second-order valence-electron chi connectivity index (χ2n) is 4.75. The fraction of sp³-hybridized carbons (Fsp3) is 1.00. The van der Waals surface area contributed by atoms with Gasteiger partial charge in [-0.15, -0.1) is 0 Å². The predicted octanol–water partition coefficient (Wildman–Crippen LogP) is 0.296. The Bertz CT molecular complexity index is 158. The number of likely N-dealkylation sites (N-methyl/N-ethyl adjacent to an activating group) is 1. The van der Waals surface area contributed by atoms with Crippen molar-refractivity contribution in [3.63, 3.8) is 0 Å². The van der Waals surface area contributed by atoms with E-state index < -0.39 is 0 Å². The number of rotatable bonds is 2. The Hall–Kier alpha value is -0.120. The third kappa shape index (κ3) is 2.27. The van der Waals surface area contributed by atoms with Crippen LogP contribution in [-0.4, -0.2) is 73.5 Å². The zero-order valence-corrected chi connectivity index (χ0v) is 10.00. The Morgan fingerprint density at radius 2 is 1.36 bits per heavy atom. The summed E-state index contributed by atoms with van der Waals surface area (Å²) in [5.74, 6) is 0. The molecule has 0 aromatic rings. The van der Waals surface area contributed by atoms with Crippen LogP contribution in [0.3, 0.4) is 0 Å². The van der Waals surface area contributed by atoms with E-state index in [0.717, 1.165) is 6.54 Å². The standard InChI is InChI=1S/C9H20N2O.C2H6/c1-10-2-5-11(6-3-10,7-4-10)8-9-12;1-2/h12H,2-9H2,1H3;1-2H3/q+2;. The van der Waals surface area contributed by atoms with Gasteiger partial charge in [-0.2, -0.15) is 0 Å². The molecular weight excluding hydrogens is 176 g/mol. The van der Waals surface area contributed by atoms with Gasteiger partial charge in [-0.3, -0.25) is 0 Å². The number of fused-ring (bicyclic) bond motifs is 3. The number of nitrogens with zero attached hydrogens (tertiary/aromatic N) is 2. The van der Waals surface area contributed by atoms with Crippen LogP contribution in [0.5, 0.6) is 0 Å². The predicted molar refractivity (Wildman–Crippen MR) is 58.9 cm³/mol. The van der Waals surface area contributed by atoms with E-state index in [4.69, 9.17) is 5.11 Å². The average Bonchev–Trinajstić information content (AvgIpc) is 2.24. The van der Waals surface area contributed by atoms with E-state index >= 15 is 0 Å². The highest BCUT2D eigenvalue weighted by Gasteiger charge is 2.45. The monoisotopic (exact) mass is 202 g/mol. The van der Waals surface area contributed by atoms with E-state index in [1.165, 1.54) is 48.2 Å². The molecule has 3 saturated heterocycles. The maximum atomic E-state index is 8.98. The molecule has 14 heavy (non-hydrogen) atoms. The number of hydrogen-bond acceptors (Lipinski definition) is 1. The summed E-state index contributed by atoms with van der Waals surface area (Å²) in [5, 5.41) is 8.98. The maximum absolute atomic E-state index is 8.98. The van der Waals surface area contributed by atoms with Crippen LogP contribution in [0.15, 0.2) is 0 Å². The molecule has 3 rings (SSSR count). The van der Waals surface area contributed by atoms with Gasteiger partial charge < -0.3 is 14.1 Å². The summed E-state index contributed by atoms with van der Waals surface area (Å²) in [6, 6.07) is 0. The molecule has 3 heteroatoms. The summed E-state index contributed by atoms with van der Waals surface area (Å²) in [7, 11) is 2.37. The van der Waals surface area contributed by atoms with Crippen molar-refractivity contribution in [3.8, 4) is 0 Å². The third-order valence-corrected chi connectivity index (χ3v) is 3.92. The van der Waals surface area contributed by atoms with E-state index in [1.54, 1.807) is 0 Å². The Balaban J connectivity index is 0.000000461. The third-order valence-electron chi connectivity index (χ3n) is 3.92. The number of piperazine rings is 3. The molecule has 0 unspecified atom stereocenters. The molecule has 0 aromatic heterocycles. The minimum absolute atomic E-state index is 0.365. The second kappa shape index (κ2) is 4.60. The quantitative estimate of drug-likeness (QED) is 0.638. The first-order chi connectivity index (χ1) is 6.68. The van der Waals surface area contributed by atoms with Gasteiger partial charge in [0, 0.05) is 0 Å². The normalized spacial score (nSPS) is 40.3. The number of hydrogen-bond donors (Lipinski definition) is 1. The smallest absolute Gasteiger partial charge is 0.129 e. The molecule has 0 amide bonds. The summed E-state index contributed by atoms with van der Waals surface area (Å²) in [4.78, 5) is 0. The van der Waals surface area contributed by atoms with Crippen molar-refractivity contribution in [3.05, 3.63) is 0 Å². The zero-order valence-electron chi connectivity index (χ0n) is 10.00. The van der Waals surface area contributed by atoms with E-state index in [0.29, 0.717) is 6.61 Å². The van der Waals surface area contributed by atoms with Crippen LogP contribution in [0.25, 0.3) is 0 Å². The first-order valence-electron chi connectivity index (χ1n) is 5.98. The number of quaternary nitrogens is 2. The van der Waals surface area contributed by atoms with E-state index in [1.807, 2.05) is 13.8 Å². The molecule has 0 spiro atoms. The first kappa shape index (κ1) is 12.0. The summed E-state index contributed by atoms with van der Waals surface area (Å²) in [6.07, 6.45) is 0. The minimum atomic E-state index is 0.365. The SMILES string of the molecule is CC.C[N+]12CC[N+](CCO)(CC1)CC2. The van der Waals surface area contributed by atoms with Crippen LogP contribution in [0.2, 0.25) is 0 Å².